The van der Waals surface area contributed by atoms with Crippen LogP contribution in [0.25, 0.3) is 10.9 Å². The summed E-state index contributed by atoms with van der Waals surface area (Å²) >= 11 is 7.29. The van der Waals surface area contributed by atoms with Gasteiger partial charge in [0, 0.05) is 71.5 Å². The number of hydrogen-bond donors (Lipinski definition) is 2. The van der Waals surface area contributed by atoms with Crippen LogP contribution in [0.2, 0.25) is 5.02 Å². The molecule has 4 aromatic rings. The molecular formula is C25H26ClN5O3S2. The molecule has 11 heteroatoms. The number of anilines is 2. The fraction of sp³-hybridized carbons (Fsp3) is 0.280. The monoisotopic (exact) mass is 543 g/mol. The number of sulfonamides is 1. The van der Waals surface area contributed by atoms with E-state index in [4.69, 9.17) is 11.6 Å². The van der Waals surface area contributed by atoms with Gasteiger partial charge in [0.2, 0.25) is 5.91 Å². The summed E-state index contributed by atoms with van der Waals surface area (Å²) in [5, 5.41) is 7.00. The highest BCUT2D eigenvalue weighted by Gasteiger charge is 2.22. The number of rotatable bonds is 8. The van der Waals surface area contributed by atoms with Crippen molar-refractivity contribution in [1.82, 2.24) is 14.9 Å². The van der Waals surface area contributed by atoms with E-state index in [1.807, 2.05) is 42.6 Å². The second-order valence-corrected chi connectivity index (χ2v) is 11.7. The number of carbonyl (C=O) groups is 1. The minimum atomic E-state index is -3.66. The summed E-state index contributed by atoms with van der Waals surface area (Å²) in [5.41, 5.74) is 2.03. The van der Waals surface area contributed by atoms with Gasteiger partial charge in [-0.3, -0.25) is 9.52 Å². The van der Waals surface area contributed by atoms with E-state index in [-0.39, 0.29) is 16.8 Å². The zero-order valence-electron chi connectivity index (χ0n) is 19.4. The molecule has 36 heavy (non-hydrogen) atoms. The number of benzene rings is 2. The van der Waals surface area contributed by atoms with Gasteiger partial charge in [0.25, 0.3) is 10.0 Å². The first-order chi connectivity index (χ1) is 17.4. The quantitative estimate of drug-likeness (QED) is 0.335. The third-order valence-corrected chi connectivity index (χ3v) is 8.75. The van der Waals surface area contributed by atoms with Crippen LogP contribution in [0.1, 0.15) is 19.3 Å². The van der Waals surface area contributed by atoms with Gasteiger partial charge in [-0.2, -0.15) is 0 Å². The molecule has 0 radical (unpaired) electrons. The molecule has 0 saturated carbocycles. The fourth-order valence-corrected chi connectivity index (χ4v) is 6.42. The van der Waals surface area contributed by atoms with Gasteiger partial charge >= 0.3 is 0 Å². The summed E-state index contributed by atoms with van der Waals surface area (Å²) in [6.45, 7) is 2.19. The maximum absolute atomic E-state index is 12.6. The third kappa shape index (κ3) is 5.66. The molecular weight excluding hydrogens is 518 g/mol. The van der Waals surface area contributed by atoms with Crippen LogP contribution in [0, 0.1) is 0 Å². The number of hydrogen-bond acceptors (Lipinski definition) is 6. The highest BCUT2D eigenvalue weighted by atomic mass is 35.5. The second kappa shape index (κ2) is 10.5. The van der Waals surface area contributed by atoms with Crippen molar-refractivity contribution in [2.45, 2.75) is 36.7 Å². The maximum Gasteiger partial charge on any atom is 0.263 e. The standard InChI is InChI=1S/C25H26ClN5O3S2/c26-19-1-6-23-18(17-19)7-12-31(23)15-10-24(32)28-20-8-13-30(14-9-20)21-2-4-22(5-3-21)36(33,34)29-25-27-11-16-35-25/h1-7,11-12,16-17,20H,8-10,13-15H2,(H,27,29)(H,28,32). The smallest absolute Gasteiger partial charge is 0.263 e. The van der Waals surface area contributed by atoms with Crippen molar-refractivity contribution in [2.24, 2.45) is 0 Å². The molecule has 1 saturated heterocycles. The summed E-state index contributed by atoms with van der Waals surface area (Å²) in [5.74, 6) is 0.0477. The summed E-state index contributed by atoms with van der Waals surface area (Å²) in [7, 11) is -3.66. The van der Waals surface area contributed by atoms with E-state index in [1.165, 1.54) is 11.3 Å². The van der Waals surface area contributed by atoms with E-state index < -0.39 is 10.0 Å². The number of piperidine rings is 1. The highest BCUT2D eigenvalue weighted by molar-refractivity contribution is 7.93. The molecule has 188 valence electrons. The zero-order chi connectivity index (χ0) is 25.1. The average molecular weight is 544 g/mol. The molecule has 1 aliphatic heterocycles. The Morgan fingerprint density at radius 1 is 1.11 bits per heavy atom. The predicted octanol–water partition coefficient (Wildman–Crippen LogP) is 4.73. The largest absolute Gasteiger partial charge is 0.371 e. The van der Waals surface area contributed by atoms with Crippen molar-refractivity contribution in [3.05, 3.63) is 71.3 Å². The lowest BCUT2D eigenvalue weighted by molar-refractivity contribution is -0.122. The minimum Gasteiger partial charge on any atom is -0.371 e. The summed E-state index contributed by atoms with van der Waals surface area (Å²) in [6.07, 6.45) is 5.62. The van der Waals surface area contributed by atoms with E-state index in [1.54, 1.807) is 23.7 Å². The van der Waals surface area contributed by atoms with Crippen molar-refractivity contribution in [3.63, 3.8) is 0 Å². The van der Waals surface area contributed by atoms with Crippen LogP contribution in [0.15, 0.2) is 71.2 Å². The average Bonchev–Trinajstić information content (AvgIpc) is 3.52. The number of halogens is 1. The Kier molecular flexibility index (Phi) is 7.17. The molecule has 3 heterocycles. The number of aromatic nitrogens is 2. The molecule has 0 bridgehead atoms. The molecule has 2 N–H and O–H groups in total. The third-order valence-electron chi connectivity index (χ3n) is 6.34. The van der Waals surface area contributed by atoms with Gasteiger partial charge in [0.1, 0.15) is 0 Å². The van der Waals surface area contributed by atoms with Gasteiger partial charge in [0.15, 0.2) is 5.13 Å². The van der Waals surface area contributed by atoms with E-state index in [9.17, 15) is 13.2 Å². The van der Waals surface area contributed by atoms with Crippen LogP contribution in [0.5, 0.6) is 0 Å². The van der Waals surface area contributed by atoms with Crippen molar-refractivity contribution in [2.75, 3.05) is 22.7 Å². The van der Waals surface area contributed by atoms with Crippen molar-refractivity contribution in [1.29, 1.82) is 0 Å². The first-order valence-corrected chi connectivity index (χ1v) is 14.4. The number of fused-ring (bicyclic) bond motifs is 1. The lowest BCUT2D eigenvalue weighted by Crippen LogP contribution is -2.44. The number of aryl methyl sites for hydroxylation is 1. The van der Waals surface area contributed by atoms with Gasteiger partial charge in [-0.1, -0.05) is 11.6 Å². The Balaban J connectivity index is 1.10. The SMILES string of the molecule is O=C(CCn1ccc2cc(Cl)ccc21)NC1CCN(c2ccc(S(=O)(=O)Nc3nccs3)cc2)CC1. The van der Waals surface area contributed by atoms with E-state index >= 15 is 0 Å². The Morgan fingerprint density at radius 2 is 1.89 bits per heavy atom. The number of thiazole rings is 1. The molecule has 5 rings (SSSR count). The lowest BCUT2D eigenvalue weighted by Gasteiger charge is -2.34. The second-order valence-electron chi connectivity index (χ2n) is 8.73. The zero-order valence-corrected chi connectivity index (χ0v) is 21.8. The minimum absolute atomic E-state index is 0.0477. The van der Waals surface area contributed by atoms with E-state index in [0.717, 1.165) is 42.5 Å². The van der Waals surface area contributed by atoms with Crippen molar-refractivity contribution >= 4 is 60.6 Å². The van der Waals surface area contributed by atoms with Gasteiger partial charge in [-0.05, 0) is 61.4 Å². The lowest BCUT2D eigenvalue weighted by atomic mass is 10.0. The molecule has 1 fully saturated rings. The summed E-state index contributed by atoms with van der Waals surface area (Å²) < 4.78 is 29.6. The van der Waals surface area contributed by atoms with Crippen LogP contribution in [-0.2, 0) is 21.4 Å². The Morgan fingerprint density at radius 3 is 2.61 bits per heavy atom. The van der Waals surface area contributed by atoms with E-state index in [0.29, 0.717) is 23.1 Å². The normalized spacial score (nSPS) is 14.8. The molecule has 2 aromatic heterocycles. The molecule has 1 amide bonds. The molecule has 0 spiro atoms. The number of nitrogens with one attached hydrogen (secondary N) is 2. The predicted molar refractivity (Wildman–Crippen MR) is 144 cm³/mol. The van der Waals surface area contributed by atoms with Crippen LogP contribution in [0.3, 0.4) is 0 Å². The Hall–Kier alpha value is -3.08. The van der Waals surface area contributed by atoms with Gasteiger partial charge in [0.05, 0.1) is 4.90 Å². The molecule has 2 aromatic carbocycles. The molecule has 1 aliphatic rings. The fourth-order valence-electron chi connectivity index (χ4n) is 4.45. The first kappa shape index (κ1) is 24.6. The summed E-state index contributed by atoms with van der Waals surface area (Å²) in [6, 6.07) is 14.8. The van der Waals surface area contributed by atoms with Crippen LogP contribution in [-0.4, -0.2) is 43.0 Å². The van der Waals surface area contributed by atoms with E-state index in [2.05, 4.69) is 24.5 Å². The van der Waals surface area contributed by atoms with Crippen LogP contribution in [0.4, 0.5) is 10.8 Å². The topological polar surface area (TPSA) is 96.3 Å². The molecule has 0 atom stereocenters. The van der Waals surface area contributed by atoms with Crippen molar-refractivity contribution in [3.8, 4) is 0 Å². The van der Waals surface area contributed by atoms with Gasteiger partial charge < -0.3 is 14.8 Å². The number of amides is 1. The Bertz CT molecular complexity index is 1440. The van der Waals surface area contributed by atoms with Gasteiger partial charge in [-0.15, -0.1) is 11.3 Å². The molecule has 8 nitrogen and oxygen atoms in total. The Labute approximate surface area is 219 Å². The molecule has 0 unspecified atom stereocenters. The van der Waals surface area contributed by atoms with Gasteiger partial charge in [-0.25, -0.2) is 13.4 Å². The molecule has 0 aliphatic carbocycles. The van der Waals surface area contributed by atoms with Crippen LogP contribution >= 0.6 is 22.9 Å². The first-order valence-electron chi connectivity index (χ1n) is 11.7. The number of carbonyl (C=O) groups excluding carboxylic acids is 1. The maximum atomic E-state index is 12.6. The number of nitrogens with zero attached hydrogens (tertiary/aromatic N) is 3. The highest BCUT2D eigenvalue weighted by Crippen LogP contribution is 2.24. The van der Waals surface area contributed by atoms with Crippen molar-refractivity contribution < 1.29 is 13.2 Å². The summed E-state index contributed by atoms with van der Waals surface area (Å²) in [4.78, 5) is 18.9. The van der Waals surface area contributed by atoms with Crippen LogP contribution < -0.4 is 14.9 Å².